The van der Waals surface area contributed by atoms with Gasteiger partial charge in [-0.05, 0) is 49.2 Å². The first-order valence-corrected chi connectivity index (χ1v) is 13.2. The molecule has 0 aliphatic rings. The van der Waals surface area contributed by atoms with Crippen molar-refractivity contribution in [2.24, 2.45) is 5.73 Å². The van der Waals surface area contributed by atoms with E-state index in [1.54, 1.807) is 29.7 Å². The number of ether oxygens (including phenoxy) is 2. The van der Waals surface area contributed by atoms with Crippen LogP contribution in [-0.4, -0.2) is 39.9 Å². The molecule has 39 heavy (non-hydrogen) atoms. The number of hydrogen-bond acceptors (Lipinski definition) is 6. The van der Waals surface area contributed by atoms with Gasteiger partial charge in [0.25, 0.3) is 5.56 Å². The number of carbonyl (C=O) groups is 1. The molecule has 0 aliphatic heterocycles. The van der Waals surface area contributed by atoms with Crippen LogP contribution in [0, 0.1) is 0 Å². The van der Waals surface area contributed by atoms with E-state index in [0.29, 0.717) is 49.3 Å². The number of carboxylic acid groups (broad SMARTS) is 1. The Balaban J connectivity index is 0.000000395. The molecule has 1 heterocycles. The van der Waals surface area contributed by atoms with E-state index in [0.717, 1.165) is 11.4 Å². The predicted octanol–water partition coefficient (Wildman–Crippen LogP) is 4.78. The molecule has 0 aliphatic carbocycles. The fourth-order valence-electron chi connectivity index (χ4n) is 4.08. The summed E-state index contributed by atoms with van der Waals surface area (Å²) in [4.78, 5) is 28.6. The number of aryl methyl sites for hydroxylation is 1. The molecule has 1 unspecified atom stereocenters. The number of hydrogen-bond donors (Lipinski definition) is 2. The molecule has 0 bridgehead atoms. The first-order valence-electron chi connectivity index (χ1n) is 13.2. The Bertz CT molecular complexity index is 1390. The van der Waals surface area contributed by atoms with Gasteiger partial charge >= 0.3 is 5.97 Å². The van der Waals surface area contributed by atoms with E-state index in [-0.39, 0.29) is 11.6 Å². The second-order valence-electron chi connectivity index (χ2n) is 9.03. The number of carboxylic acids is 1. The van der Waals surface area contributed by atoms with E-state index in [2.05, 4.69) is 4.98 Å². The summed E-state index contributed by atoms with van der Waals surface area (Å²) in [6.45, 7) is 6.79. The van der Waals surface area contributed by atoms with E-state index < -0.39 is 12.1 Å². The largest absolute Gasteiger partial charge is 0.492 e. The van der Waals surface area contributed by atoms with E-state index in [1.807, 2.05) is 74.5 Å². The highest BCUT2D eigenvalue weighted by molar-refractivity contribution is 5.77. The van der Waals surface area contributed by atoms with Crippen molar-refractivity contribution >= 4 is 16.9 Å². The summed E-state index contributed by atoms with van der Waals surface area (Å²) in [7, 11) is 0. The van der Waals surface area contributed by atoms with E-state index in [1.165, 1.54) is 5.56 Å². The molecular weight excluding hydrogens is 494 g/mol. The quantitative estimate of drug-likeness (QED) is 0.286. The molecule has 0 fully saturated rings. The van der Waals surface area contributed by atoms with Crippen LogP contribution in [0.2, 0.25) is 0 Å². The minimum Gasteiger partial charge on any atom is -0.492 e. The third-order valence-corrected chi connectivity index (χ3v) is 6.15. The first kappa shape index (κ1) is 29.5. The molecule has 4 rings (SSSR count). The number of aliphatic carboxylic acids is 1. The summed E-state index contributed by atoms with van der Waals surface area (Å²) in [5, 5.41) is 9.79. The fourth-order valence-corrected chi connectivity index (χ4v) is 4.08. The molecule has 0 amide bonds. The van der Waals surface area contributed by atoms with Gasteiger partial charge in [-0.1, -0.05) is 61.5 Å². The Morgan fingerprint density at radius 3 is 2.26 bits per heavy atom. The maximum absolute atomic E-state index is 12.8. The summed E-state index contributed by atoms with van der Waals surface area (Å²) in [6.07, 6.45) is 0.0855. The van der Waals surface area contributed by atoms with Crippen molar-refractivity contribution in [2.45, 2.75) is 52.3 Å². The monoisotopic (exact) mass is 531 g/mol. The van der Waals surface area contributed by atoms with Crippen LogP contribution in [0.5, 0.6) is 5.75 Å². The minimum atomic E-state index is -0.974. The Hall–Kier alpha value is -4.01. The molecular formula is C31H37N3O5. The molecule has 8 heteroatoms. The van der Waals surface area contributed by atoms with Gasteiger partial charge in [-0.25, -0.2) is 9.78 Å². The maximum atomic E-state index is 12.8. The Morgan fingerprint density at radius 2 is 1.67 bits per heavy atom. The van der Waals surface area contributed by atoms with Gasteiger partial charge in [-0.2, -0.15) is 0 Å². The van der Waals surface area contributed by atoms with Crippen LogP contribution in [0.4, 0.5) is 0 Å². The highest BCUT2D eigenvalue weighted by atomic mass is 16.5. The molecule has 1 aromatic heterocycles. The van der Waals surface area contributed by atoms with Crippen molar-refractivity contribution in [1.29, 1.82) is 0 Å². The molecule has 0 saturated heterocycles. The van der Waals surface area contributed by atoms with Gasteiger partial charge in [0.2, 0.25) is 0 Å². The number of benzene rings is 3. The lowest BCUT2D eigenvalue weighted by atomic mass is 10.1. The zero-order chi connectivity index (χ0) is 28.2. The van der Waals surface area contributed by atoms with Gasteiger partial charge in [-0.15, -0.1) is 0 Å². The summed E-state index contributed by atoms with van der Waals surface area (Å²) in [5.74, 6) is 0.411. The van der Waals surface area contributed by atoms with Crippen LogP contribution >= 0.6 is 0 Å². The van der Waals surface area contributed by atoms with E-state index >= 15 is 0 Å². The average Bonchev–Trinajstić information content (AvgIpc) is 2.95. The molecule has 206 valence electrons. The smallest absolute Gasteiger partial charge is 0.333 e. The second kappa shape index (κ2) is 14.8. The lowest BCUT2D eigenvalue weighted by molar-refractivity contribution is -0.149. The number of aromatic nitrogens is 2. The fraction of sp³-hybridized carbons (Fsp3) is 0.323. The molecule has 0 spiro atoms. The van der Waals surface area contributed by atoms with Crippen LogP contribution < -0.4 is 16.0 Å². The van der Waals surface area contributed by atoms with Gasteiger partial charge in [0.1, 0.15) is 18.2 Å². The van der Waals surface area contributed by atoms with Crippen LogP contribution in [-0.2, 0) is 28.9 Å². The number of rotatable bonds is 11. The maximum Gasteiger partial charge on any atom is 0.333 e. The molecule has 0 saturated carbocycles. The molecule has 2 atom stereocenters. The first-order chi connectivity index (χ1) is 18.8. The third kappa shape index (κ3) is 8.49. The molecule has 3 N–H and O–H groups in total. The van der Waals surface area contributed by atoms with Crippen molar-refractivity contribution in [3.8, 4) is 5.75 Å². The summed E-state index contributed by atoms with van der Waals surface area (Å²) < 4.78 is 12.7. The Morgan fingerprint density at radius 1 is 1.00 bits per heavy atom. The van der Waals surface area contributed by atoms with Crippen molar-refractivity contribution in [2.75, 3.05) is 13.2 Å². The zero-order valence-corrected chi connectivity index (χ0v) is 22.7. The van der Waals surface area contributed by atoms with Gasteiger partial charge in [0, 0.05) is 25.5 Å². The molecule has 0 radical (unpaired) electrons. The van der Waals surface area contributed by atoms with Gasteiger partial charge in [-0.3, -0.25) is 9.36 Å². The van der Waals surface area contributed by atoms with Crippen molar-refractivity contribution < 1.29 is 19.4 Å². The summed E-state index contributed by atoms with van der Waals surface area (Å²) in [5.41, 5.74) is 8.30. The second-order valence-corrected chi connectivity index (χ2v) is 9.03. The average molecular weight is 532 g/mol. The third-order valence-electron chi connectivity index (χ3n) is 6.15. The number of nitrogens with zero attached hydrogens (tertiary/aromatic N) is 2. The van der Waals surface area contributed by atoms with Crippen LogP contribution in [0.25, 0.3) is 10.9 Å². The van der Waals surface area contributed by atoms with Gasteiger partial charge in [0.05, 0.1) is 17.4 Å². The highest BCUT2D eigenvalue weighted by Crippen LogP contribution is 2.15. The van der Waals surface area contributed by atoms with E-state index in [9.17, 15) is 14.7 Å². The lowest BCUT2D eigenvalue weighted by Gasteiger charge is -2.14. The van der Waals surface area contributed by atoms with Gasteiger partial charge < -0.3 is 20.3 Å². The standard InChI is InChI=1S/C23H26N2O5.C8H11N/c1-3-21-24-19-8-6-5-7-18(19)22(26)25(21)13-14-30-17-11-9-16(10-12-17)15-20(23(27)28)29-4-2;1-7(9)8-5-3-2-4-6-8/h5-12,20H,3-4,13-15H2,1-2H3,(H,27,28);2-7H,9H2,1H3/t20-;/m0./s1. The van der Waals surface area contributed by atoms with Crippen LogP contribution in [0.1, 0.15) is 43.8 Å². The molecule has 3 aromatic carbocycles. The van der Waals surface area contributed by atoms with Crippen molar-refractivity contribution in [1.82, 2.24) is 9.55 Å². The number of para-hydroxylation sites is 1. The zero-order valence-electron chi connectivity index (χ0n) is 22.7. The predicted molar refractivity (Wildman–Crippen MR) is 153 cm³/mol. The Labute approximate surface area is 229 Å². The van der Waals surface area contributed by atoms with Crippen molar-refractivity contribution in [3.05, 3.63) is 106 Å². The highest BCUT2D eigenvalue weighted by Gasteiger charge is 2.18. The minimum absolute atomic E-state index is 0.0629. The molecule has 4 aromatic rings. The number of fused-ring (bicyclic) bond motifs is 1. The van der Waals surface area contributed by atoms with Crippen LogP contribution in [0.15, 0.2) is 83.7 Å². The lowest BCUT2D eigenvalue weighted by Crippen LogP contribution is -2.27. The topological polar surface area (TPSA) is 117 Å². The van der Waals surface area contributed by atoms with E-state index in [4.69, 9.17) is 15.2 Å². The Kier molecular flexibility index (Phi) is 11.2. The SMILES string of the molecule is CC(N)c1ccccc1.CCO[C@@H](Cc1ccc(OCCn2c(CC)nc3ccccc3c2=O)cc1)C(=O)O. The van der Waals surface area contributed by atoms with Crippen molar-refractivity contribution in [3.63, 3.8) is 0 Å². The summed E-state index contributed by atoms with van der Waals surface area (Å²) in [6, 6.07) is 24.8. The summed E-state index contributed by atoms with van der Waals surface area (Å²) >= 11 is 0. The molecule has 8 nitrogen and oxygen atoms in total. The van der Waals surface area contributed by atoms with Gasteiger partial charge in [0.15, 0.2) is 6.10 Å². The normalized spacial score (nSPS) is 12.3. The van der Waals surface area contributed by atoms with Crippen LogP contribution in [0.3, 0.4) is 0 Å². The number of nitrogens with two attached hydrogens (primary N) is 1.